The van der Waals surface area contributed by atoms with Gasteiger partial charge in [0.15, 0.2) is 13.2 Å². The zero-order valence-electron chi connectivity index (χ0n) is 23.8. The van der Waals surface area contributed by atoms with Crippen molar-refractivity contribution in [3.8, 4) is 11.5 Å². The Morgan fingerprint density at radius 3 is 1.03 bits per heavy atom. The van der Waals surface area contributed by atoms with Crippen LogP contribution in [-0.2, 0) is 41.5 Å². The third-order valence-corrected chi connectivity index (χ3v) is 5.79. The molecule has 0 aliphatic heterocycles. The monoisotopic (exact) mass is 548 g/mol. The van der Waals surface area contributed by atoms with Gasteiger partial charge in [-0.3, -0.25) is 0 Å². The van der Waals surface area contributed by atoms with Gasteiger partial charge in [0.25, 0.3) is 0 Å². The summed E-state index contributed by atoms with van der Waals surface area (Å²) < 4.78 is 20.7. The van der Waals surface area contributed by atoms with E-state index in [2.05, 4.69) is 0 Å². The molecule has 0 aliphatic carbocycles. The minimum absolute atomic E-state index is 0.243. The molecule has 0 amide bonds. The van der Waals surface area contributed by atoms with Crippen molar-refractivity contribution >= 4 is 11.9 Å². The zero-order valence-corrected chi connectivity index (χ0v) is 23.8. The molecular weight excluding hydrogens is 508 g/mol. The molecule has 0 atom stereocenters. The first-order valence-electron chi connectivity index (χ1n) is 12.4. The molecule has 39 heavy (non-hydrogen) atoms. The van der Waals surface area contributed by atoms with E-state index in [-0.39, 0.29) is 11.5 Å². The van der Waals surface area contributed by atoms with E-state index in [0.717, 1.165) is 0 Å². The van der Waals surface area contributed by atoms with Gasteiger partial charge in [0, 0.05) is 0 Å². The quantitative estimate of drug-likeness (QED) is 0.230. The van der Waals surface area contributed by atoms with Crippen LogP contribution in [0, 0.1) is 0 Å². The molecule has 0 saturated carbocycles. The molecule has 0 aromatic heterocycles. The van der Waals surface area contributed by atoms with Crippen LogP contribution in [0.3, 0.4) is 0 Å². The van der Waals surface area contributed by atoms with Crippen molar-refractivity contribution in [1.82, 2.24) is 0 Å². The van der Waals surface area contributed by atoms with Crippen LogP contribution in [0.4, 0.5) is 0 Å². The number of carbonyl (C=O) groups is 2. The van der Waals surface area contributed by atoms with Gasteiger partial charge in [-0.2, -0.15) is 0 Å². The highest BCUT2D eigenvalue weighted by Crippen LogP contribution is 2.32. The van der Waals surface area contributed by atoms with Gasteiger partial charge in [0.05, 0.1) is 22.4 Å². The zero-order chi connectivity index (χ0) is 29.8. The molecule has 10 heteroatoms. The molecule has 0 spiro atoms. The maximum Gasteiger partial charge on any atom is 0.347 e. The number of benzene rings is 2. The summed E-state index contributed by atoms with van der Waals surface area (Å²) in [6, 6.07) is 9.51. The second kappa shape index (κ2) is 11.9. The first-order valence-corrected chi connectivity index (χ1v) is 12.4. The fourth-order valence-corrected chi connectivity index (χ4v) is 3.31. The fourth-order valence-electron chi connectivity index (χ4n) is 3.31. The second-order valence-corrected chi connectivity index (χ2v) is 11.5. The van der Waals surface area contributed by atoms with E-state index in [9.17, 15) is 30.0 Å². The SMILES string of the molecule is CC(C)(O)c1cc(OCC(=O)OCOC(=O)COc2cc(C(C)(C)O)cc(C(C)(C)O)c2)cc(C(C)(C)O)c1. The van der Waals surface area contributed by atoms with Crippen LogP contribution in [-0.4, -0.2) is 52.4 Å². The summed E-state index contributed by atoms with van der Waals surface area (Å²) in [5, 5.41) is 41.4. The van der Waals surface area contributed by atoms with E-state index in [0.29, 0.717) is 22.3 Å². The van der Waals surface area contributed by atoms with Crippen LogP contribution in [0.5, 0.6) is 11.5 Å². The maximum atomic E-state index is 12.1. The standard InChI is InChI=1S/C29H40O10/c1-26(2,32)18-9-19(27(3,4)33)12-22(11-18)36-15-24(30)38-17-39-25(31)16-37-23-13-20(28(5,6)34)10-21(14-23)29(7,8)35/h9-14,32-35H,15-17H2,1-8H3. The third-order valence-electron chi connectivity index (χ3n) is 5.79. The van der Waals surface area contributed by atoms with E-state index in [1.165, 1.54) is 0 Å². The number of carbonyl (C=O) groups excluding carboxylic acids is 2. The van der Waals surface area contributed by atoms with Crippen LogP contribution < -0.4 is 9.47 Å². The summed E-state index contributed by atoms with van der Waals surface area (Å²) in [5.41, 5.74) is -2.87. The van der Waals surface area contributed by atoms with Crippen LogP contribution in [0.25, 0.3) is 0 Å². The average Bonchev–Trinajstić information content (AvgIpc) is 2.79. The van der Waals surface area contributed by atoms with Gasteiger partial charge in [-0.25, -0.2) is 9.59 Å². The Morgan fingerprint density at radius 2 is 0.795 bits per heavy atom. The molecule has 0 saturated heterocycles. The average molecular weight is 549 g/mol. The van der Waals surface area contributed by atoms with Crippen molar-refractivity contribution in [2.45, 2.75) is 77.8 Å². The Kier molecular flexibility index (Phi) is 9.79. The summed E-state index contributed by atoms with van der Waals surface area (Å²) >= 11 is 0. The molecule has 0 fully saturated rings. The van der Waals surface area contributed by atoms with Gasteiger partial charge in [-0.15, -0.1) is 0 Å². The minimum atomic E-state index is -1.21. The summed E-state index contributed by atoms with van der Waals surface area (Å²) in [5.74, 6) is -1.13. The van der Waals surface area contributed by atoms with Gasteiger partial charge in [0.1, 0.15) is 11.5 Å². The Labute approximate surface area is 229 Å². The van der Waals surface area contributed by atoms with Gasteiger partial charge in [-0.1, -0.05) is 0 Å². The van der Waals surface area contributed by atoms with Crippen molar-refractivity contribution in [2.75, 3.05) is 20.0 Å². The summed E-state index contributed by atoms with van der Waals surface area (Å²) in [6.45, 7) is 11.0. The van der Waals surface area contributed by atoms with E-state index >= 15 is 0 Å². The van der Waals surface area contributed by atoms with Crippen molar-refractivity contribution in [1.29, 1.82) is 0 Å². The summed E-state index contributed by atoms with van der Waals surface area (Å²) in [4.78, 5) is 24.2. The van der Waals surface area contributed by atoms with Crippen molar-refractivity contribution in [3.05, 3.63) is 58.7 Å². The lowest BCUT2D eigenvalue weighted by Crippen LogP contribution is -2.23. The van der Waals surface area contributed by atoms with E-state index in [1.54, 1.807) is 91.8 Å². The Morgan fingerprint density at radius 1 is 0.538 bits per heavy atom. The Balaban J connectivity index is 1.91. The first-order chi connectivity index (χ1) is 17.7. The topological polar surface area (TPSA) is 152 Å². The van der Waals surface area contributed by atoms with Gasteiger partial charge >= 0.3 is 11.9 Å². The molecule has 0 unspecified atom stereocenters. The van der Waals surface area contributed by atoms with Crippen molar-refractivity contribution < 1.29 is 49.0 Å². The van der Waals surface area contributed by atoms with Crippen LogP contribution in [0.15, 0.2) is 36.4 Å². The number of hydrogen-bond acceptors (Lipinski definition) is 10. The number of esters is 2. The molecule has 10 nitrogen and oxygen atoms in total. The summed E-state index contributed by atoms with van der Waals surface area (Å²) in [7, 11) is 0. The normalized spacial score (nSPS) is 12.6. The number of ether oxygens (including phenoxy) is 4. The lowest BCUT2D eigenvalue weighted by atomic mass is 9.90. The van der Waals surface area contributed by atoms with Crippen molar-refractivity contribution in [3.63, 3.8) is 0 Å². The van der Waals surface area contributed by atoms with Crippen LogP contribution >= 0.6 is 0 Å². The Bertz CT molecular complexity index is 1000. The number of aliphatic hydroxyl groups is 4. The molecule has 4 N–H and O–H groups in total. The minimum Gasteiger partial charge on any atom is -0.482 e. The molecule has 0 bridgehead atoms. The Hall–Kier alpha value is -3.18. The van der Waals surface area contributed by atoms with E-state index in [1.807, 2.05) is 0 Å². The predicted molar refractivity (Wildman–Crippen MR) is 142 cm³/mol. The van der Waals surface area contributed by atoms with Crippen LogP contribution in [0.1, 0.15) is 77.6 Å². The highest BCUT2D eigenvalue weighted by Gasteiger charge is 2.25. The van der Waals surface area contributed by atoms with Gasteiger partial charge in [-0.05, 0) is 114 Å². The molecule has 2 aromatic rings. The predicted octanol–water partition coefficient (Wildman–Crippen LogP) is 3.10. The lowest BCUT2D eigenvalue weighted by Gasteiger charge is -2.24. The highest BCUT2D eigenvalue weighted by molar-refractivity contribution is 5.72. The molecule has 216 valence electrons. The molecule has 2 rings (SSSR count). The molecule has 2 aromatic carbocycles. The van der Waals surface area contributed by atoms with E-state index < -0.39 is 54.3 Å². The molecule has 0 heterocycles. The van der Waals surface area contributed by atoms with Crippen LogP contribution in [0.2, 0.25) is 0 Å². The van der Waals surface area contributed by atoms with Crippen molar-refractivity contribution in [2.24, 2.45) is 0 Å². The first kappa shape index (κ1) is 32.0. The summed E-state index contributed by atoms with van der Waals surface area (Å²) in [6.07, 6.45) is 0. The number of rotatable bonds is 12. The lowest BCUT2D eigenvalue weighted by molar-refractivity contribution is -0.169. The third kappa shape index (κ3) is 10.1. The smallest absolute Gasteiger partial charge is 0.347 e. The largest absolute Gasteiger partial charge is 0.482 e. The van der Waals surface area contributed by atoms with Gasteiger partial charge < -0.3 is 39.4 Å². The van der Waals surface area contributed by atoms with Gasteiger partial charge in [0.2, 0.25) is 6.79 Å². The highest BCUT2D eigenvalue weighted by atomic mass is 16.7. The molecular formula is C29H40O10. The second-order valence-electron chi connectivity index (χ2n) is 11.5. The molecule has 0 radical (unpaired) electrons. The fraction of sp³-hybridized carbons (Fsp3) is 0.517. The maximum absolute atomic E-state index is 12.1. The molecule has 0 aliphatic rings. The number of hydrogen-bond donors (Lipinski definition) is 4. The van der Waals surface area contributed by atoms with E-state index in [4.69, 9.17) is 18.9 Å².